The molecule has 2 N–H and O–H groups in total. The normalized spacial score (nSPS) is 11.5. The van der Waals surface area contributed by atoms with Crippen molar-refractivity contribution in [2.45, 2.75) is 73.3 Å². The minimum Gasteiger partial charge on any atom is -0.398 e. The van der Waals surface area contributed by atoms with Crippen LogP contribution in [-0.4, -0.2) is 25.3 Å². The molecule has 0 saturated heterocycles. The summed E-state index contributed by atoms with van der Waals surface area (Å²) in [5.41, 5.74) is 8.49. The molecule has 168 valence electrons. The minimum atomic E-state index is 0.0366. The number of anilines is 1. The molecule has 0 saturated carbocycles. The average molecular weight is 414 g/mol. The summed E-state index contributed by atoms with van der Waals surface area (Å²) in [6.45, 7) is 21.7. The number of benzene rings is 1. The molecule has 0 unspecified atom stereocenters. The fraction of sp³-hybridized carbons (Fsp3) is 0.577. The Kier molecular flexibility index (Phi) is 13.6. The summed E-state index contributed by atoms with van der Waals surface area (Å²) in [5, 5.41) is 8.97. The molecule has 0 amide bonds. The van der Waals surface area contributed by atoms with Crippen LogP contribution in [0.4, 0.5) is 5.69 Å². The summed E-state index contributed by atoms with van der Waals surface area (Å²) in [4.78, 5) is 2.38. The third-order valence-corrected chi connectivity index (χ3v) is 4.25. The van der Waals surface area contributed by atoms with Gasteiger partial charge in [0.25, 0.3) is 0 Å². The fourth-order valence-electron chi connectivity index (χ4n) is 2.66. The Morgan fingerprint density at radius 3 is 2.07 bits per heavy atom. The zero-order valence-corrected chi connectivity index (χ0v) is 20.3. The Bertz CT molecular complexity index is 670. The molecule has 0 fully saturated rings. The Hall–Kier alpha value is -2.25. The molecule has 30 heavy (non-hydrogen) atoms. The van der Waals surface area contributed by atoms with Gasteiger partial charge in [0.15, 0.2) is 0 Å². The van der Waals surface area contributed by atoms with Gasteiger partial charge in [0.2, 0.25) is 0 Å². The zero-order chi connectivity index (χ0) is 23.2. The summed E-state index contributed by atoms with van der Waals surface area (Å²) >= 11 is 0. The highest BCUT2D eigenvalue weighted by Gasteiger charge is 2.09. The second-order valence-corrected chi connectivity index (χ2v) is 8.92. The molecule has 1 rings (SSSR count). The van der Waals surface area contributed by atoms with E-state index in [9.17, 15) is 0 Å². The van der Waals surface area contributed by atoms with E-state index in [2.05, 4.69) is 78.1 Å². The van der Waals surface area contributed by atoms with Crippen LogP contribution in [0.3, 0.4) is 0 Å². The lowest BCUT2D eigenvalue weighted by atomic mass is 10.1. The van der Waals surface area contributed by atoms with Gasteiger partial charge in [-0.25, -0.2) is 0 Å². The summed E-state index contributed by atoms with van der Waals surface area (Å²) in [5.74, 6) is 0.752. The van der Waals surface area contributed by atoms with E-state index in [4.69, 9.17) is 15.7 Å². The average Bonchev–Trinajstić information content (AvgIpc) is 2.65. The van der Waals surface area contributed by atoms with Crippen LogP contribution in [0, 0.1) is 17.2 Å². The summed E-state index contributed by atoms with van der Waals surface area (Å²) < 4.78 is 5.54. The van der Waals surface area contributed by atoms with Gasteiger partial charge in [-0.1, -0.05) is 46.4 Å². The van der Waals surface area contributed by atoms with E-state index in [1.54, 1.807) is 6.08 Å². The van der Waals surface area contributed by atoms with Crippen molar-refractivity contribution in [1.29, 1.82) is 5.26 Å². The van der Waals surface area contributed by atoms with Gasteiger partial charge in [0.1, 0.15) is 6.07 Å². The number of hydrogen-bond acceptors (Lipinski definition) is 4. The molecule has 1 aromatic carbocycles. The first kappa shape index (κ1) is 27.8. The lowest BCUT2D eigenvalue weighted by Gasteiger charge is -2.23. The van der Waals surface area contributed by atoms with E-state index in [1.807, 2.05) is 12.1 Å². The SMILES string of the molecule is C=C(N)/C(C#N)=C/c1ccc(N(CCC)CCC)cc1.CC(C)CCOC(C)(C)C. The largest absolute Gasteiger partial charge is 0.398 e. The van der Waals surface area contributed by atoms with Crippen molar-refractivity contribution in [1.82, 2.24) is 0 Å². The molecular formula is C26H43N3O. The first-order valence-corrected chi connectivity index (χ1v) is 11.1. The predicted octanol–water partition coefficient (Wildman–Crippen LogP) is 6.54. The maximum atomic E-state index is 8.97. The highest BCUT2D eigenvalue weighted by Crippen LogP contribution is 2.18. The third kappa shape index (κ3) is 13.1. The van der Waals surface area contributed by atoms with Gasteiger partial charge in [-0.05, 0) is 69.7 Å². The molecule has 0 bridgehead atoms. The topological polar surface area (TPSA) is 62.3 Å². The Morgan fingerprint density at radius 2 is 1.70 bits per heavy atom. The van der Waals surface area contributed by atoms with Crippen molar-refractivity contribution in [2.24, 2.45) is 11.7 Å². The molecule has 4 nitrogen and oxygen atoms in total. The Balaban J connectivity index is 0.000000710. The zero-order valence-electron chi connectivity index (χ0n) is 20.3. The van der Waals surface area contributed by atoms with Crippen molar-refractivity contribution in [2.75, 3.05) is 24.6 Å². The van der Waals surface area contributed by atoms with Crippen molar-refractivity contribution in [3.05, 3.63) is 47.7 Å². The van der Waals surface area contributed by atoms with Gasteiger partial charge in [-0.2, -0.15) is 5.26 Å². The monoisotopic (exact) mass is 413 g/mol. The fourth-order valence-corrected chi connectivity index (χ4v) is 2.66. The lowest BCUT2D eigenvalue weighted by Crippen LogP contribution is -2.24. The highest BCUT2D eigenvalue weighted by molar-refractivity contribution is 5.64. The van der Waals surface area contributed by atoms with Crippen LogP contribution < -0.4 is 10.6 Å². The van der Waals surface area contributed by atoms with Gasteiger partial charge in [0.05, 0.1) is 11.2 Å². The van der Waals surface area contributed by atoms with Crippen LogP contribution >= 0.6 is 0 Å². The van der Waals surface area contributed by atoms with E-state index in [-0.39, 0.29) is 5.60 Å². The number of allylic oxidation sites excluding steroid dienone is 1. The number of rotatable bonds is 10. The lowest BCUT2D eigenvalue weighted by molar-refractivity contribution is -0.00774. The molecule has 0 spiro atoms. The predicted molar refractivity (Wildman–Crippen MR) is 131 cm³/mol. The number of nitrogens with two attached hydrogens (primary N) is 1. The van der Waals surface area contributed by atoms with Crippen molar-refractivity contribution in [3.8, 4) is 6.07 Å². The van der Waals surface area contributed by atoms with E-state index in [1.165, 1.54) is 5.69 Å². The van der Waals surface area contributed by atoms with Crippen molar-refractivity contribution in [3.63, 3.8) is 0 Å². The third-order valence-electron chi connectivity index (χ3n) is 4.25. The van der Waals surface area contributed by atoms with E-state index >= 15 is 0 Å². The first-order valence-electron chi connectivity index (χ1n) is 11.1. The van der Waals surface area contributed by atoms with Gasteiger partial charge < -0.3 is 15.4 Å². The Labute approximate surface area is 185 Å². The molecule has 0 radical (unpaired) electrons. The van der Waals surface area contributed by atoms with Crippen LogP contribution in [0.25, 0.3) is 6.08 Å². The van der Waals surface area contributed by atoms with Gasteiger partial charge >= 0.3 is 0 Å². The number of nitrogens with zero attached hydrogens (tertiary/aromatic N) is 2. The van der Waals surface area contributed by atoms with Crippen LogP contribution in [0.5, 0.6) is 0 Å². The van der Waals surface area contributed by atoms with Crippen LogP contribution in [0.15, 0.2) is 42.1 Å². The minimum absolute atomic E-state index is 0.0366. The maximum absolute atomic E-state index is 8.97. The first-order chi connectivity index (χ1) is 14.0. The summed E-state index contributed by atoms with van der Waals surface area (Å²) in [6, 6.07) is 10.2. The quantitative estimate of drug-likeness (QED) is 0.349. The molecular weight excluding hydrogens is 370 g/mol. The number of ether oxygens (including phenoxy) is 1. The Morgan fingerprint density at radius 1 is 1.17 bits per heavy atom. The summed E-state index contributed by atoms with van der Waals surface area (Å²) in [7, 11) is 0. The second-order valence-electron chi connectivity index (χ2n) is 8.92. The van der Waals surface area contributed by atoms with Gasteiger partial charge in [-0.3, -0.25) is 0 Å². The van der Waals surface area contributed by atoms with Crippen molar-refractivity contribution < 1.29 is 4.74 Å². The standard InChI is InChI=1S/C17H23N3.C9H20O/c1-4-10-20(11-5-2)17-8-6-15(7-9-17)12-16(13-18)14(3)19;1-8(2)6-7-10-9(3,4)5/h6-9,12H,3-5,10-11,19H2,1-2H3;8H,6-7H2,1-5H3/b16-12+;. The van der Waals surface area contributed by atoms with Crippen LogP contribution in [0.1, 0.15) is 73.3 Å². The number of nitriles is 1. The molecule has 0 aliphatic heterocycles. The van der Waals surface area contributed by atoms with E-state index in [0.29, 0.717) is 11.3 Å². The maximum Gasteiger partial charge on any atom is 0.101 e. The molecule has 0 heterocycles. The molecule has 0 aromatic heterocycles. The summed E-state index contributed by atoms with van der Waals surface area (Å²) in [6.07, 6.45) is 5.19. The van der Waals surface area contributed by atoms with E-state index < -0.39 is 0 Å². The number of hydrogen-bond donors (Lipinski definition) is 1. The highest BCUT2D eigenvalue weighted by atomic mass is 16.5. The molecule has 0 aliphatic carbocycles. The molecule has 0 atom stereocenters. The van der Waals surface area contributed by atoms with E-state index in [0.717, 1.165) is 50.4 Å². The van der Waals surface area contributed by atoms with Crippen LogP contribution in [-0.2, 0) is 4.74 Å². The van der Waals surface area contributed by atoms with Gasteiger partial charge in [0, 0.05) is 31.1 Å². The smallest absolute Gasteiger partial charge is 0.101 e. The molecule has 0 aliphatic rings. The van der Waals surface area contributed by atoms with Crippen LogP contribution in [0.2, 0.25) is 0 Å². The molecule has 4 heteroatoms. The molecule has 1 aromatic rings. The second kappa shape index (κ2) is 14.7. The van der Waals surface area contributed by atoms with Gasteiger partial charge in [-0.15, -0.1) is 0 Å². The van der Waals surface area contributed by atoms with Crippen molar-refractivity contribution >= 4 is 11.8 Å².